The van der Waals surface area contributed by atoms with Crippen molar-refractivity contribution >= 4 is 87.1 Å². The first kappa shape index (κ1) is 24.9. The molecule has 218 valence electrons. The van der Waals surface area contributed by atoms with E-state index in [2.05, 4.69) is 167 Å². The number of hydrogen-bond acceptors (Lipinski definition) is 1. The molecule has 0 aliphatic heterocycles. The van der Waals surface area contributed by atoms with Crippen LogP contribution in [0, 0.1) is 0 Å². The van der Waals surface area contributed by atoms with Crippen LogP contribution < -0.4 is 0 Å². The van der Waals surface area contributed by atoms with E-state index >= 15 is 0 Å². The molecule has 0 radical (unpaired) electrons. The highest BCUT2D eigenvalue weighted by Crippen LogP contribution is 2.41. The predicted molar refractivity (Wildman–Crippen MR) is 197 cm³/mol. The van der Waals surface area contributed by atoms with E-state index in [0.717, 1.165) is 33.3 Å². The second kappa shape index (κ2) is 9.12. The van der Waals surface area contributed by atoms with Gasteiger partial charge in [-0.2, -0.15) is 0 Å². The van der Waals surface area contributed by atoms with Crippen molar-refractivity contribution in [3.05, 3.63) is 158 Å². The fraction of sp³-hybridized carbons (Fsp3) is 0. The van der Waals surface area contributed by atoms with Crippen molar-refractivity contribution in [2.75, 3.05) is 0 Å². The lowest BCUT2D eigenvalue weighted by Gasteiger charge is -2.11. The van der Waals surface area contributed by atoms with Gasteiger partial charge in [0.2, 0.25) is 0 Å². The monoisotopic (exact) mass is 598 g/mol. The third kappa shape index (κ3) is 3.35. The van der Waals surface area contributed by atoms with Gasteiger partial charge in [-0.05, 0) is 59.3 Å². The van der Waals surface area contributed by atoms with E-state index in [1.165, 1.54) is 65.2 Å². The molecule has 3 aromatic heterocycles. The maximum absolute atomic E-state index is 6.47. The Balaban J connectivity index is 1.21. The summed E-state index contributed by atoms with van der Waals surface area (Å²) in [6, 6.07) is 57.1. The van der Waals surface area contributed by atoms with Crippen molar-refractivity contribution < 1.29 is 4.42 Å². The van der Waals surface area contributed by atoms with Crippen LogP contribution in [0.5, 0.6) is 0 Å². The van der Waals surface area contributed by atoms with Crippen molar-refractivity contribution in [1.82, 2.24) is 9.13 Å². The lowest BCUT2D eigenvalue weighted by Crippen LogP contribution is -1.95. The minimum atomic E-state index is 0.888. The van der Waals surface area contributed by atoms with Gasteiger partial charge in [0.25, 0.3) is 0 Å². The van der Waals surface area contributed by atoms with Gasteiger partial charge in [-0.1, -0.05) is 109 Å². The average molecular weight is 599 g/mol. The Labute approximate surface area is 269 Å². The highest BCUT2D eigenvalue weighted by molar-refractivity contribution is 6.20. The Kier molecular flexibility index (Phi) is 4.84. The second-order valence-electron chi connectivity index (χ2n) is 12.5. The van der Waals surface area contributed by atoms with Gasteiger partial charge in [0.1, 0.15) is 11.2 Å². The smallest absolute Gasteiger partial charge is 0.135 e. The van der Waals surface area contributed by atoms with Gasteiger partial charge in [0, 0.05) is 54.5 Å². The number of fused-ring (bicyclic) bond motifs is 13. The molecule has 3 heteroatoms. The molecule has 11 aromatic rings. The molecule has 0 atom stereocenters. The van der Waals surface area contributed by atoms with Crippen LogP contribution in [0.2, 0.25) is 0 Å². The van der Waals surface area contributed by atoms with E-state index in [4.69, 9.17) is 4.42 Å². The molecule has 0 spiro atoms. The van der Waals surface area contributed by atoms with Gasteiger partial charge in [-0.25, -0.2) is 0 Å². The zero-order valence-electron chi connectivity index (χ0n) is 25.3. The molecule has 0 aliphatic rings. The Bertz CT molecular complexity index is 2870. The zero-order valence-corrected chi connectivity index (χ0v) is 25.3. The highest BCUT2D eigenvalue weighted by atomic mass is 16.3. The van der Waals surface area contributed by atoms with Crippen LogP contribution in [0.1, 0.15) is 0 Å². The Hall–Kier alpha value is -6.32. The SMILES string of the molecule is c1ccc2c(c1)ccc1c3ccccc3n(-c3ccc4oc5ccc(-n6c7ccccc7c7ccc8ccccc8c76)cc5c4c3)c21. The normalized spacial score (nSPS) is 12.3. The average Bonchev–Trinajstić information content (AvgIpc) is 3.79. The van der Waals surface area contributed by atoms with Crippen molar-refractivity contribution in [3.8, 4) is 11.4 Å². The van der Waals surface area contributed by atoms with E-state index in [1.54, 1.807) is 0 Å². The van der Waals surface area contributed by atoms with E-state index in [9.17, 15) is 0 Å². The fourth-order valence-corrected chi connectivity index (χ4v) is 8.03. The van der Waals surface area contributed by atoms with E-state index in [1.807, 2.05) is 0 Å². The topological polar surface area (TPSA) is 23.0 Å². The van der Waals surface area contributed by atoms with Crippen LogP contribution in [0.15, 0.2) is 162 Å². The number of nitrogens with zero attached hydrogens (tertiary/aromatic N) is 2. The first-order valence-corrected chi connectivity index (χ1v) is 16.1. The molecule has 0 N–H and O–H groups in total. The summed E-state index contributed by atoms with van der Waals surface area (Å²) in [5, 5.41) is 12.2. The maximum atomic E-state index is 6.47. The first-order chi connectivity index (χ1) is 23.3. The van der Waals surface area contributed by atoms with Crippen LogP contribution in [0.3, 0.4) is 0 Å². The summed E-state index contributed by atoms with van der Waals surface area (Å²) in [5.41, 5.74) is 8.88. The highest BCUT2D eigenvalue weighted by Gasteiger charge is 2.19. The molecule has 0 amide bonds. The summed E-state index contributed by atoms with van der Waals surface area (Å²) in [7, 11) is 0. The molecule has 3 heterocycles. The lowest BCUT2D eigenvalue weighted by atomic mass is 10.1. The molecule has 0 saturated carbocycles. The number of furan rings is 1. The standard InChI is InChI=1S/C44H26N2O/c1-3-11-31-27(9-1)17-21-35-33-13-5-7-15-39(33)45(43(31)35)29-19-23-41-37(25-29)38-26-30(20-24-42(38)47-41)46-40-16-8-6-14-34(40)36-22-18-28-10-2-4-12-32(28)44(36)46/h1-26H. The van der Waals surface area contributed by atoms with Crippen LogP contribution in [0.4, 0.5) is 0 Å². The van der Waals surface area contributed by atoms with Crippen LogP contribution in [-0.2, 0) is 0 Å². The molecule has 0 aliphatic carbocycles. The fourth-order valence-electron chi connectivity index (χ4n) is 8.03. The van der Waals surface area contributed by atoms with Crippen LogP contribution >= 0.6 is 0 Å². The molecule has 0 unspecified atom stereocenters. The molecule has 0 bridgehead atoms. The number of benzene rings is 8. The first-order valence-electron chi connectivity index (χ1n) is 16.1. The van der Waals surface area contributed by atoms with E-state index in [-0.39, 0.29) is 0 Å². The van der Waals surface area contributed by atoms with Crippen molar-refractivity contribution in [2.24, 2.45) is 0 Å². The van der Waals surface area contributed by atoms with E-state index in [0.29, 0.717) is 0 Å². The molecule has 3 nitrogen and oxygen atoms in total. The summed E-state index contributed by atoms with van der Waals surface area (Å²) in [6.07, 6.45) is 0. The van der Waals surface area contributed by atoms with Gasteiger partial charge >= 0.3 is 0 Å². The molecular weight excluding hydrogens is 572 g/mol. The summed E-state index contributed by atoms with van der Waals surface area (Å²) < 4.78 is 11.3. The number of hydrogen-bond donors (Lipinski definition) is 0. The van der Waals surface area contributed by atoms with Gasteiger partial charge in [-0.3, -0.25) is 0 Å². The van der Waals surface area contributed by atoms with Gasteiger partial charge in [0.15, 0.2) is 0 Å². The molecule has 0 saturated heterocycles. The summed E-state index contributed by atoms with van der Waals surface area (Å²) in [5.74, 6) is 0. The maximum Gasteiger partial charge on any atom is 0.135 e. The van der Waals surface area contributed by atoms with Crippen molar-refractivity contribution in [1.29, 1.82) is 0 Å². The minimum Gasteiger partial charge on any atom is -0.456 e. The van der Waals surface area contributed by atoms with Crippen molar-refractivity contribution in [2.45, 2.75) is 0 Å². The van der Waals surface area contributed by atoms with Crippen molar-refractivity contribution in [3.63, 3.8) is 0 Å². The Morgan fingerprint density at radius 3 is 1.23 bits per heavy atom. The third-order valence-electron chi connectivity index (χ3n) is 10.1. The molecule has 47 heavy (non-hydrogen) atoms. The predicted octanol–water partition coefficient (Wildman–Crippen LogP) is 12.1. The third-order valence-corrected chi connectivity index (χ3v) is 10.1. The quantitative estimate of drug-likeness (QED) is 0.194. The van der Waals surface area contributed by atoms with Gasteiger partial charge in [0.05, 0.1) is 22.1 Å². The minimum absolute atomic E-state index is 0.888. The second-order valence-corrected chi connectivity index (χ2v) is 12.5. The number of aromatic nitrogens is 2. The summed E-state index contributed by atoms with van der Waals surface area (Å²) in [4.78, 5) is 0. The Morgan fingerprint density at radius 2 is 0.745 bits per heavy atom. The number of rotatable bonds is 2. The van der Waals surface area contributed by atoms with E-state index < -0.39 is 0 Å². The molecule has 11 rings (SSSR count). The Morgan fingerprint density at radius 1 is 0.319 bits per heavy atom. The molecule has 8 aromatic carbocycles. The molecule has 0 fully saturated rings. The lowest BCUT2D eigenvalue weighted by molar-refractivity contribution is 0.669. The zero-order chi connectivity index (χ0) is 30.6. The largest absolute Gasteiger partial charge is 0.456 e. The summed E-state index contributed by atoms with van der Waals surface area (Å²) in [6.45, 7) is 0. The van der Waals surface area contributed by atoms with Gasteiger partial charge < -0.3 is 13.6 Å². The van der Waals surface area contributed by atoms with Crippen LogP contribution in [0.25, 0.3) is 98.5 Å². The van der Waals surface area contributed by atoms with Crippen LogP contribution in [-0.4, -0.2) is 9.13 Å². The summed E-state index contributed by atoms with van der Waals surface area (Å²) >= 11 is 0. The molecular formula is C44H26N2O. The number of para-hydroxylation sites is 2. The van der Waals surface area contributed by atoms with Gasteiger partial charge in [-0.15, -0.1) is 0 Å².